The lowest BCUT2D eigenvalue weighted by molar-refractivity contribution is 0.935. The molecule has 84 valence electrons. The van der Waals surface area contributed by atoms with Gasteiger partial charge in [0.15, 0.2) is 0 Å². The predicted octanol–water partition coefficient (Wildman–Crippen LogP) is 1.80. The monoisotopic (exact) mass is 215 g/mol. The van der Waals surface area contributed by atoms with Crippen molar-refractivity contribution in [2.75, 3.05) is 25.5 Å². The molecule has 0 fully saturated rings. The van der Waals surface area contributed by atoms with Crippen LogP contribution in [0.25, 0.3) is 10.8 Å². The van der Waals surface area contributed by atoms with Gasteiger partial charge in [-0.1, -0.05) is 6.07 Å². The third-order valence-corrected chi connectivity index (χ3v) is 2.73. The number of anilines is 1. The summed E-state index contributed by atoms with van der Waals surface area (Å²) in [5.41, 5.74) is 7.88. The van der Waals surface area contributed by atoms with Crippen LogP contribution < -0.4 is 10.6 Å². The normalized spacial score (nSPS) is 10.7. The number of hydrogen-bond donors (Lipinski definition) is 1. The summed E-state index contributed by atoms with van der Waals surface area (Å²) in [6, 6.07) is 8.46. The Hall–Kier alpha value is -1.61. The van der Waals surface area contributed by atoms with E-state index in [2.05, 4.69) is 28.1 Å². The van der Waals surface area contributed by atoms with Gasteiger partial charge in [-0.3, -0.25) is 4.98 Å². The smallest absolute Gasteiger partial charge is 0.0495 e. The van der Waals surface area contributed by atoms with Crippen LogP contribution >= 0.6 is 0 Å². The third-order valence-electron chi connectivity index (χ3n) is 2.73. The van der Waals surface area contributed by atoms with Crippen LogP contribution in [0.4, 0.5) is 5.69 Å². The van der Waals surface area contributed by atoms with Crippen molar-refractivity contribution in [3.63, 3.8) is 0 Å². The Balaban J connectivity index is 2.59. The molecule has 0 aliphatic carbocycles. The maximum atomic E-state index is 5.60. The first-order valence-corrected chi connectivity index (χ1v) is 5.47. The Morgan fingerprint density at radius 2 is 2.06 bits per heavy atom. The van der Waals surface area contributed by atoms with Gasteiger partial charge in [0, 0.05) is 43.5 Å². The van der Waals surface area contributed by atoms with Crippen molar-refractivity contribution in [3.05, 3.63) is 36.2 Å². The first-order chi connectivity index (χ1) is 7.72. The topological polar surface area (TPSA) is 42.2 Å². The van der Waals surface area contributed by atoms with E-state index in [1.807, 2.05) is 26.4 Å². The molecule has 3 nitrogen and oxygen atoms in total. The molecule has 16 heavy (non-hydrogen) atoms. The van der Waals surface area contributed by atoms with E-state index in [9.17, 15) is 0 Å². The number of pyridine rings is 1. The number of fused-ring (bicyclic) bond motifs is 1. The van der Waals surface area contributed by atoms with E-state index in [-0.39, 0.29) is 0 Å². The van der Waals surface area contributed by atoms with Crippen molar-refractivity contribution in [1.29, 1.82) is 0 Å². The Morgan fingerprint density at radius 3 is 2.75 bits per heavy atom. The van der Waals surface area contributed by atoms with Crippen LogP contribution in [0.3, 0.4) is 0 Å². The van der Waals surface area contributed by atoms with Crippen molar-refractivity contribution in [2.24, 2.45) is 5.73 Å². The molecular formula is C13H17N3. The fourth-order valence-electron chi connectivity index (χ4n) is 1.83. The number of benzene rings is 1. The highest BCUT2D eigenvalue weighted by molar-refractivity contribution is 5.87. The van der Waals surface area contributed by atoms with Gasteiger partial charge >= 0.3 is 0 Å². The second kappa shape index (κ2) is 4.49. The van der Waals surface area contributed by atoms with E-state index in [0.29, 0.717) is 6.54 Å². The highest BCUT2D eigenvalue weighted by Crippen LogP contribution is 2.22. The van der Waals surface area contributed by atoms with Crippen LogP contribution in [0.15, 0.2) is 30.5 Å². The molecule has 2 aromatic rings. The minimum Gasteiger partial charge on any atom is -0.378 e. The van der Waals surface area contributed by atoms with Crippen molar-refractivity contribution in [2.45, 2.75) is 6.42 Å². The molecule has 0 unspecified atom stereocenters. The average molecular weight is 215 g/mol. The minimum atomic E-state index is 0.637. The molecular weight excluding hydrogens is 198 g/mol. The first kappa shape index (κ1) is 10.9. The lowest BCUT2D eigenvalue weighted by Crippen LogP contribution is -2.09. The fraction of sp³-hybridized carbons (Fsp3) is 0.308. The highest BCUT2D eigenvalue weighted by Gasteiger charge is 2.03. The summed E-state index contributed by atoms with van der Waals surface area (Å²) >= 11 is 0. The molecule has 0 aliphatic heterocycles. The van der Waals surface area contributed by atoms with Crippen molar-refractivity contribution in [3.8, 4) is 0 Å². The Labute approximate surface area is 95.9 Å². The molecule has 0 bridgehead atoms. The zero-order valence-corrected chi connectivity index (χ0v) is 9.77. The second-order valence-electron chi connectivity index (χ2n) is 4.10. The molecule has 1 aromatic heterocycles. The van der Waals surface area contributed by atoms with Gasteiger partial charge in [0.05, 0.1) is 0 Å². The van der Waals surface area contributed by atoms with Crippen LogP contribution in [0, 0.1) is 0 Å². The summed E-state index contributed by atoms with van der Waals surface area (Å²) in [5, 5.41) is 2.43. The van der Waals surface area contributed by atoms with Crippen molar-refractivity contribution < 1.29 is 0 Å². The van der Waals surface area contributed by atoms with Crippen LogP contribution in [0.5, 0.6) is 0 Å². The number of hydrogen-bond acceptors (Lipinski definition) is 3. The molecule has 1 aromatic carbocycles. The second-order valence-corrected chi connectivity index (χ2v) is 4.10. The molecule has 0 aliphatic rings. The average Bonchev–Trinajstić information content (AvgIpc) is 2.29. The van der Waals surface area contributed by atoms with E-state index in [4.69, 9.17) is 5.73 Å². The standard InChI is InChI=1S/C13H17N3/c1-16(2)11-4-3-10-6-8-15-13(5-7-14)12(10)9-11/h3-4,6,8-9H,5,7,14H2,1-2H3. The minimum absolute atomic E-state index is 0.637. The summed E-state index contributed by atoms with van der Waals surface area (Å²) in [4.78, 5) is 6.49. The number of rotatable bonds is 3. The maximum absolute atomic E-state index is 5.60. The molecule has 0 spiro atoms. The summed E-state index contributed by atoms with van der Waals surface area (Å²) in [6.07, 6.45) is 2.68. The summed E-state index contributed by atoms with van der Waals surface area (Å²) in [6.45, 7) is 0.637. The van der Waals surface area contributed by atoms with Crippen molar-refractivity contribution in [1.82, 2.24) is 4.98 Å². The largest absolute Gasteiger partial charge is 0.378 e. The van der Waals surface area contributed by atoms with Gasteiger partial charge in [0.2, 0.25) is 0 Å². The van der Waals surface area contributed by atoms with Gasteiger partial charge in [0.25, 0.3) is 0 Å². The number of aromatic nitrogens is 1. The summed E-state index contributed by atoms with van der Waals surface area (Å²) < 4.78 is 0. The van der Waals surface area contributed by atoms with E-state index in [1.54, 1.807) is 0 Å². The van der Waals surface area contributed by atoms with Gasteiger partial charge in [-0.25, -0.2) is 0 Å². The Bertz CT molecular complexity index is 492. The van der Waals surface area contributed by atoms with Gasteiger partial charge < -0.3 is 10.6 Å². The van der Waals surface area contributed by atoms with E-state index < -0.39 is 0 Å². The SMILES string of the molecule is CN(C)c1ccc2ccnc(CCN)c2c1. The molecule has 0 saturated heterocycles. The van der Waals surface area contributed by atoms with Gasteiger partial charge in [-0.2, -0.15) is 0 Å². The van der Waals surface area contributed by atoms with Crippen LogP contribution in [-0.4, -0.2) is 25.6 Å². The van der Waals surface area contributed by atoms with E-state index in [1.165, 1.54) is 16.5 Å². The quantitative estimate of drug-likeness (QED) is 0.849. The number of nitrogens with two attached hydrogens (primary N) is 1. The zero-order chi connectivity index (χ0) is 11.5. The van der Waals surface area contributed by atoms with Crippen LogP contribution in [-0.2, 0) is 6.42 Å². The Morgan fingerprint density at radius 1 is 1.25 bits per heavy atom. The lowest BCUT2D eigenvalue weighted by atomic mass is 10.1. The summed E-state index contributed by atoms with van der Waals surface area (Å²) in [7, 11) is 4.08. The molecule has 1 heterocycles. The number of nitrogens with zero attached hydrogens (tertiary/aromatic N) is 2. The van der Waals surface area contributed by atoms with Gasteiger partial charge in [-0.15, -0.1) is 0 Å². The molecule has 0 saturated carbocycles. The molecule has 0 atom stereocenters. The molecule has 3 heteroatoms. The molecule has 2 rings (SSSR count). The van der Waals surface area contributed by atoms with Gasteiger partial charge in [-0.05, 0) is 30.1 Å². The first-order valence-electron chi connectivity index (χ1n) is 5.47. The third kappa shape index (κ3) is 1.99. The maximum Gasteiger partial charge on any atom is 0.0495 e. The van der Waals surface area contributed by atoms with E-state index >= 15 is 0 Å². The molecule has 0 radical (unpaired) electrons. The zero-order valence-electron chi connectivity index (χ0n) is 9.77. The van der Waals surface area contributed by atoms with Crippen LogP contribution in [0.2, 0.25) is 0 Å². The fourth-order valence-corrected chi connectivity index (χ4v) is 1.83. The summed E-state index contributed by atoms with van der Waals surface area (Å²) in [5.74, 6) is 0. The molecule has 0 amide bonds. The highest BCUT2D eigenvalue weighted by atomic mass is 15.1. The van der Waals surface area contributed by atoms with E-state index in [0.717, 1.165) is 12.1 Å². The van der Waals surface area contributed by atoms with Gasteiger partial charge in [0.1, 0.15) is 0 Å². The molecule has 2 N–H and O–H groups in total. The predicted molar refractivity (Wildman–Crippen MR) is 68.8 cm³/mol. The Kier molecular flexibility index (Phi) is 3.06. The lowest BCUT2D eigenvalue weighted by Gasteiger charge is -2.14. The van der Waals surface area contributed by atoms with Crippen LogP contribution in [0.1, 0.15) is 5.69 Å². The van der Waals surface area contributed by atoms with Crippen molar-refractivity contribution >= 4 is 16.5 Å².